The summed E-state index contributed by atoms with van der Waals surface area (Å²) in [6.45, 7) is 0.711. The quantitative estimate of drug-likeness (QED) is 0.0576. The van der Waals surface area contributed by atoms with Gasteiger partial charge < -0.3 is 38.7 Å². The number of benzene rings is 5. The van der Waals surface area contributed by atoms with Crippen molar-refractivity contribution < 1.29 is 48.3 Å². The van der Waals surface area contributed by atoms with E-state index in [0.29, 0.717) is 58.9 Å². The number of aryl methyl sites for hydroxylation is 1. The van der Waals surface area contributed by atoms with Crippen LogP contribution in [0.25, 0.3) is 23.1 Å². The molecule has 5 aromatic carbocycles. The maximum absolute atomic E-state index is 16.1. The molecule has 10 aliphatic rings. The number of ether oxygens (including phenoxy) is 4. The summed E-state index contributed by atoms with van der Waals surface area (Å²) in [5.41, 5.74) is 11.2. The maximum Gasteiger partial charge on any atom is 0.340 e. The summed E-state index contributed by atoms with van der Waals surface area (Å²) in [4.78, 5) is 46.5. The van der Waals surface area contributed by atoms with Gasteiger partial charge in [-0.2, -0.15) is 0 Å². The molecular weight excluding hydrogens is 1100 g/mol. The zero-order chi connectivity index (χ0) is 60.0. The molecule has 4 heterocycles. The Hall–Kier alpha value is -7.15. The molecule has 2 bridgehead atoms. The highest BCUT2D eigenvalue weighted by molar-refractivity contribution is 5.91. The number of carbonyl (C=O) groups excluding carboxylic acids is 2. The number of hydrogen-bond acceptors (Lipinski definition) is 11. The second-order valence-electron chi connectivity index (χ2n) is 27.2. The van der Waals surface area contributed by atoms with Gasteiger partial charge in [0, 0.05) is 65.7 Å². The molecule has 454 valence electrons. The highest BCUT2D eigenvalue weighted by Gasteiger charge is 2.65. The van der Waals surface area contributed by atoms with Crippen LogP contribution in [-0.2, 0) is 48.7 Å². The van der Waals surface area contributed by atoms with Gasteiger partial charge in [0.15, 0.2) is 17.8 Å². The van der Waals surface area contributed by atoms with Crippen LogP contribution in [0.2, 0.25) is 0 Å². The molecule has 11 heteroatoms. The third kappa shape index (κ3) is 9.12. The Balaban J connectivity index is 0.884. The predicted octanol–water partition coefficient (Wildman–Crippen LogP) is 13.7. The molecule has 2 spiro atoms. The number of aliphatic hydroxyl groups excluding tert-OH is 3. The molecular formula is C77H80O11. The largest absolute Gasteiger partial charge is 0.482 e. The highest BCUT2D eigenvalue weighted by atomic mass is 16.6. The minimum Gasteiger partial charge on any atom is -0.482 e. The number of hydrogen-bond donors (Lipinski definition) is 3. The Kier molecular flexibility index (Phi) is 15.0. The Labute approximate surface area is 515 Å². The molecule has 3 saturated carbocycles. The van der Waals surface area contributed by atoms with Gasteiger partial charge in [0.2, 0.25) is 0 Å². The lowest BCUT2D eigenvalue weighted by molar-refractivity contribution is -0.212. The Morgan fingerprint density at radius 1 is 0.761 bits per heavy atom. The molecule has 11 nitrogen and oxygen atoms in total. The molecule has 7 aliphatic carbocycles. The van der Waals surface area contributed by atoms with Gasteiger partial charge in [-0.3, -0.25) is 4.79 Å². The fraction of sp³-hybridized carbons (Fsp3) is 0.442. The summed E-state index contributed by atoms with van der Waals surface area (Å²) in [7, 11) is 1.53. The summed E-state index contributed by atoms with van der Waals surface area (Å²) in [5.74, 6) is -0.456. The first-order valence-electron chi connectivity index (χ1n) is 32.7. The van der Waals surface area contributed by atoms with Crippen molar-refractivity contribution in [1.82, 2.24) is 0 Å². The zero-order valence-electron chi connectivity index (χ0n) is 50.5. The second-order valence-corrected chi connectivity index (χ2v) is 27.2. The highest BCUT2D eigenvalue weighted by Crippen LogP contribution is 2.65. The molecule has 0 amide bonds. The SMILES string of the molecule is COCC(CCO)c1c(CO)c2ccc3c(c2oc1=O)C1OC(=O)CC2CC(c4cccc5c4CCC4CCCC6C=Cc7ccccc7C564)C=CC2c2ccc(cc2)CCC(=C(C)CO)C(=O)OC1C1(CCCC2C4C=Cc5ccccc5C4CC21)O3. The monoisotopic (exact) mass is 1180 g/mol. The maximum atomic E-state index is 16.1. The van der Waals surface area contributed by atoms with Crippen molar-refractivity contribution in [3.8, 4) is 5.75 Å². The van der Waals surface area contributed by atoms with Gasteiger partial charge in [-0.1, -0.05) is 134 Å². The van der Waals surface area contributed by atoms with Gasteiger partial charge in [0.05, 0.1) is 25.4 Å². The summed E-state index contributed by atoms with van der Waals surface area (Å²) < 4.78 is 34.2. The molecule has 0 saturated heterocycles. The molecule has 88 heavy (non-hydrogen) atoms. The van der Waals surface area contributed by atoms with Crippen LogP contribution in [0.1, 0.15) is 181 Å². The normalized spacial score (nSPS) is 31.7. The molecule has 1 aromatic heterocycles. The van der Waals surface area contributed by atoms with E-state index in [-0.39, 0.29) is 103 Å². The number of carbonyl (C=O) groups is 2. The number of allylic oxidation sites excluding steroid dienone is 4. The van der Waals surface area contributed by atoms with Crippen molar-refractivity contribution in [2.24, 2.45) is 35.5 Å². The van der Waals surface area contributed by atoms with E-state index in [4.69, 9.17) is 23.4 Å². The van der Waals surface area contributed by atoms with Crippen molar-refractivity contribution in [2.45, 2.75) is 150 Å². The Morgan fingerprint density at radius 3 is 2.40 bits per heavy atom. The van der Waals surface area contributed by atoms with Gasteiger partial charge in [-0.25, -0.2) is 9.59 Å². The summed E-state index contributed by atoms with van der Waals surface area (Å²) in [6.07, 6.45) is 21.9. The van der Waals surface area contributed by atoms with Crippen LogP contribution in [0.5, 0.6) is 5.75 Å². The van der Waals surface area contributed by atoms with Crippen LogP contribution in [0.3, 0.4) is 0 Å². The Morgan fingerprint density at radius 2 is 1.57 bits per heavy atom. The Bertz CT molecular complexity index is 3920. The van der Waals surface area contributed by atoms with Gasteiger partial charge in [0.25, 0.3) is 0 Å². The van der Waals surface area contributed by atoms with Crippen LogP contribution in [-0.4, -0.2) is 65.9 Å². The smallest absolute Gasteiger partial charge is 0.340 e. The van der Waals surface area contributed by atoms with Crippen LogP contribution in [0.15, 0.2) is 148 Å². The molecule has 3 fully saturated rings. The predicted molar refractivity (Wildman–Crippen MR) is 338 cm³/mol. The number of fused-ring (bicyclic) bond motifs is 19. The summed E-state index contributed by atoms with van der Waals surface area (Å²) in [5, 5.41) is 32.8. The van der Waals surface area contributed by atoms with Crippen molar-refractivity contribution >= 4 is 35.1 Å². The van der Waals surface area contributed by atoms with E-state index in [1.807, 2.05) is 6.07 Å². The minimum absolute atomic E-state index is 0.0142. The molecule has 14 unspecified atom stereocenters. The lowest BCUT2D eigenvalue weighted by Gasteiger charge is -2.55. The van der Waals surface area contributed by atoms with E-state index in [0.717, 1.165) is 49.7 Å². The van der Waals surface area contributed by atoms with Crippen molar-refractivity contribution in [3.05, 3.63) is 216 Å². The first-order chi connectivity index (χ1) is 43.1. The first-order valence-corrected chi connectivity index (χ1v) is 32.7. The van der Waals surface area contributed by atoms with E-state index >= 15 is 9.59 Å². The fourth-order valence-corrected chi connectivity index (χ4v) is 19.4. The van der Waals surface area contributed by atoms with E-state index in [1.54, 1.807) is 13.0 Å². The molecule has 16 rings (SSSR count). The molecule has 3 aliphatic heterocycles. The molecule has 0 radical (unpaired) electrons. The third-order valence-electron chi connectivity index (χ3n) is 23.2. The van der Waals surface area contributed by atoms with Gasteiger partial charge in [-0.15, -0.1) is 0 Å². The van der Waals surface area contributed by atoms with E-state index < -0.39 is 47.9 Å². The average molecular weight is 1180 g/mol. The standard InChI is InChI=1S/C77H80O11/c1-44(41-79)54-29-21-45-19-22-47(23-20-45)55-30-26-49(57-15-8-18-65-60(57)32-28-53-13-7-12-52-27-24-48-11-4-6-17-64(48)77(52,53)65)38-51(55)39-68(81)85-72-70-67(34-33-61-63(42-80)69(75(83)86-71(61)70)50(35-37-78)43-84-2)88-76(73(72)87-74(54)82)36-9-16-59-58-31-25-46-10-3-5-14-56(46)62(58)40-66(59)76/h3-6,8,10-11,14-15,17-20,22-27,30-31,33-34,49-53,55,58-59,62,66,72-73,78-80H,7,9,12-13,16,21,28-29,32,35-43H2,1-2H3. The number of methoxy groups -OCH3 is 1. The number of aliphatic hydroxyl groups is 3. The summed E-state index contributed by atoms with van der Waals surface area (Å²) in [6, 6.07) is 36.9. The van der Waals surface area contributed by atoms with E-state index in [1.165, 1.54) is 58.9 Å². The van der Waals surface area contributed by atoms with Crippen molar-refractivity contribution in [1.29, 1.82) is 0 Å². The lowest BCUT2D eigenvalue weighted by Crippen LogP contribution is -2.62. The molecule has 14 atom stereocenters. The van der Waals surface area contributed by atoms with Gasteiger partial charge in [-0.05, 0) is 193 Å². The third-order valence-corrected chi connectivity index (χ3v) is 23.2. The first kappa shape index (κ1) is 57.3. The van der Waals surface area contributed by atoms with Crippen LogP contribution < -0.4 is 10.4 Å². The van der Waals surface area contributed by atoms with Crippen molar-refractivity contribution in [3.63, 3.8) is 0 Å². The van der Waals surface area contributed by atoms with Crippen molar-refractivity contribution in [2.75, 3.05) is 26.9 Å². The second kappa shape index (κ2) is 23.0. The lowest BCUT2D eigenvalue weighted by atomic mass is 9.48. The topological polar surface area (TPSA) is 162 Å². The number of esters is 2. The van der Waals surface area contributed by atoms with E-state index in [2.05, 4.69) is 127 Å². The minimum atomic E-state index is -1.35. The van der Waals surface area contributed by atoms with Crippen LogP contribution >= 0.6 is 0 Å². The van der Waals surface area contributed by atoms with Gasteiger partial charge in [0.1, 0.15) is 11.3 Å². The van der Waals surface area contributed by atoms with Gasteiger partial charge >= 0.3 is 17.6 Å². The molecule has 3 N–H and O–H groups in total. The molecule has 6 aromatic rings. The van der Waals surface area contributed by atoms with Crippen LogP contribution in [0, 0.1) is 35.5 Å². The fourth-order valence-electron chi connectivity index (χ4n) is 19.4. The van der Waals surface area contributed by atoms with Crippen LogP contribution in [0.4, 0.5) is 0 Å². The summed E-state index contributed by atoms with van der Waals surface area (Å²) >= 11 is 0. The number of rotatable bonds is 8. The average Bonchev–Trinajstić information content (AvgIpc) is 0.986. The zero-order valence-corrected chi connectivity index (χ0v) is 50.5. The van der Waals surface area contributed by atoms with E-state index in [9.17, 15) is 20.1 Å².